The number of anilines is 2. The Labute approximate surface area is 161 Å². The number of carbonyl (C=O) groups excluding carboxylic acids is 2. The largest absolute Gasteiger partial charge is 0.326 e. The average molecular weight is 364 g/mol. The fourth-order valence-corrected chi connectivity index (χ4v) is 3.65. The van der Waals surface area contributed by atoms with Crippen molar-refractivity contribution in [2.45, 2.75) is 46.5 Å². The van der Waals surface area contributed by atoms with Crippen LogP contribution in [0.15, 0.2) is 42.5 Å². The first-order valence-corrected chi connectivity index (χ1v) is 9.45. The highest BCUT2D eigenvalue weighted by Gasteiger charge is 2.37. The Morgan fingerprint density at radius 1 is 1.11 bits per heavy atom. The van der Waals surface area contributed by atoms with Crippen LogP contribution < -0.4 is 10.2 Å². The van der Waals surface area contributed by atoms with Crippen molar-refractivity contribution in [3.8, 4) is 0 Å². The monoisotopic (exact) mass is 364 g/mol. The van der Waals surface area contributed by atoms with Gasteiger partial charge in [-0.15, -0.1) is 0 Å². The summed E-state index contributed by atoms with van der Waals surface area (Å²) in [4.78, 5) is 27.2. The number of aryl methyl sites for hydroxylation is 2. The van der Waals surface area contributed by atoms with Gasteiger partial charge in [0.2, 0.25) is 11.8 Å². The molecule has 2 amide bonds. The minimum absolute atomic E-state index is 0.00692. The topological polar surface area (TPSA) is 49.4 Å². The van der Waals surface area contributed by atoms with E-state index in [-0.39, 0.29) is 29.6 Å². The van der Waals surface area contributed by atoms with Crippen molar-refractivity contribution in [3.05, 3.63) is 59.2 Å². The molecule has 0 bridgehead atoms. The van der Waals surface area contributed by atoms with Crippen LogP contribution in [0.3, 0.4) is 0 Å². The Hall–Kier alpha value is -2.62. The van der Waals surface area contributed by atoms with E-state index in [4.69, 9.17) is 0 Å². The molecule has 2 aromatic carbocycles. The van der Waals surface area contributed by atoms with Crippen LogP contribution in [0.4, 0.5) is 11.4 Å². The SMILES string of the molecule is Cc1ccc(NC(=O)C2CC(=O)N(c3ccccc3C(C)(C)C)C2)c(C)c1. The number of carbonyl (C=O) groups is 2. The minimum Gasteiger partial charge on any atom is -0.326 e. The first kappa shape index (κ1) is 19.2. The molecule has 1 unspecified atom stereocenters. The van der Waals surface area contributed by atoms with Crippen LogP contribution in [-0.4, -0.2) is 18.4 Å². The molecule has 1 heterocycles. The van der Waals surface area contributed by atoms with E-state index in [0.29, 0.717) is 6.54 Å². The molecule has 1 aliphatic rings. The lowest BCUT2D eigenvalue weighted by Crippen LogP contribution is -2.30. The first-order chi connectivity index (χ1) is 12.7. The number of nitrogens with zero attached hydrogens (tertiary/aromatic N) is 1. The summed E-state index contributed by atoms with van der Waals surface area (Å²) in [5.74, 6) is -0.426. The Balaban J connectivity index is 1.79. The smallest absolute Gasteiger partial charge is 0.229 e. The number of amides is 2. The van der Waals surface area contributed by atoms with Gasteiger partial charge in [0.1, 0.15) is 0 Å². The number of nitrogens with one attached hydrogen (secondary N) is 1. The second kappa shape index (κ2) is 7.18. The van der Waals surface area contributed by atoms with Gasteiger partial charge in [0.15, 0.2) is 0 Å². The highest BCUT2D eigenvalue weighted by atomic mass is 16.2. The summed E-state index contributed by atoms with van der Waals surface area (Å²) in [7, 11) is 0. The van der Waals surface area contributed by atoms with Gasteiger partial charge in [-0.1, -0.05) is 56.7 Å². The van der Waals surface area contributed by atoms with Gasteiger partial charge in [0.05, 0.1) is 5.92 Å². The molecule has 1 aliphatic heterocycles. The highest BCUT2D eigenvalue weighted by molar-refractivity contribution is 6.04. The second-order valence-electron chi connectivity index (χ2n) is 8.48. The highest BCUT2D eigenvalue weighted by Crippen LogP contribution is 2.35. The summed E-state index contributed by atoms with van der Waals surface area (Å²) in [6, 6.07) is 13.9. The van der Waals surface area contributed by atoms with Crippen molar-refractivity contribution in [1.29, 1.82) is 0 Å². The van der Waals surface area contributed by atoms with Crippen molar-refractivity contribution in [2.75, 3.05) is 16.8 Å². The third kappa shape index (κ3) is 4.05. The molecule has 1 saturated heterocycles. The van der Waals surface area contributed by atoms with Gasteiger partial charge >= 0.3 is 0 Å². The zero-order valence-electron chi connectivity index (χ0n) is 16.8. The molecule has 1 fully saturated rings. The Morgan fingerprint density at radius 2 is 1.81 bits per heavy atom. The van der Waals surface area contributed by atoms with Crippen molar-refractivity contribution in [1.82, 2.24) is 0 Å². The van der Waals surface area contributed by atoms with E-state index in [0.717, 1.165) is 28.1 Å². The number of hydrogen-bond donors (Lipinski definition) is 1. The van der Waals surface area contributed by atoms with E-state index in [1.165, 1.54) is 0 Å². The van der Waals surface area contributed by atoms with Crippen molar-refractivity contribution >= 4 is 23.2 Å². The number of benzene rings is 2. The number of rotatable bonds is 3. The third-order valence-corrected chi connectivity index (χ3v) is 5.14. The summed E-state index contributed by atoms with van der Waals surface area (Å²) in [6.07, 6.45) is 0.245. The fourth-order valence-electron chi connectivity index (χ4n) is 3.65. The number of para-hydroxylation sites is 1. The molecule has 142 valence electrons. The van der Waals surface area contributed by atoms with Crippen LogP contribution >= 0.6 is 0 Å². The van der Waals surface area contributed by atoms with Crippen molar-refractivity contribution < 1.29 is 9.59 Å². The summed E-state index contributed by atoms with van der Waals surface area (Å²) < 4.78 is 0. The average Bonchev–Trinajstić information content (AvgIpc) is 2.98. The third-order valence-electron chi connectivity index (χ3n) is 5.14. The van der Waals surface area contributed by atoms with Gasteiger partial charge in [0.25, 0.3) is 0 Å². The lowest BCUT2D eigenvalue weighted by atomic mass is 9.85. The van der Waals surface area contributed by atoms with Crippen LogP contribution in [-0.2, 0) is 15.0 Å². The summed E-state index contributed by atoms with van der Waals surface area (Å²) >= 11 is 0. The molecule has 4 nitrogen and oxygen atoms in total. The molecule has 27 heavy (non-hydrogen) atoms. The molecule has 0 saturated carbocycles. The molecule has 1 atom stereocenters. The Morgan fingerprint density at radius 3 is 2.48 bits per heavy atom. The summed E-state index contributed by atoms with van der Waals surface area (Å²) in [6.45, 7) is 10.8. The first-order valence-electron chi connectivity index (χ1n) is 9.45. The molecule has 3 rings (SSSR count). The van der Waals surface area contributed by atoms with Gasteiger partial charge in [-0.2, -0.15) is 0 Å². The van der Waals surface area contributed by atoms with E-state index in [2.05, 4.69) is 32.2 Å². The molecule has 2 aromatic rings. The van der Waals surface area contributed by atoms with E-state index >= 15 is 0 Å². The maximum atomic E-state index is 12.8. The van der Waals surface area contributed by atoms with Crippen LogP contribution in [0.25, 0.3) is 0 Å². The van der Waals surface area contributed by atoms with Gasteiger partial charge in [-0.05, 0) is 42.5 Å². The van der Waals surface area contributed by atoms with Crippen LogP contribution in [0.1, 0.15) is 43.9 Å². The summed E-state index contributed by atoms with van der Waals surface area (Å²) in [5.41, 5.74) is 4.96. The van der Waals surface area contributed by atoms with E-state index in [9.17, 15) is 9.59 Å². The Kier molecular flexibility index (Phi) is 5.09. The van der Waals surface area contributed by atoms with Gasteiger partial charge in [-0.25, -0.2) is 0 Å². The standard InChI is InChI=1S/C23H28N2O2/c1-15-10-11-19(16(2)12-15)24-22(27)17-13-21(26)25(14-17)20-9-7-6-8-18(20)23(3,4)5/h6-12,17H,13-14H2,1-5H3,(H,24,27). The molecule has 0 aliphatic carbocycles. The molecule has 4 heteroatoms. The zero-order valence-corrected chi connectivity index (χ0v) is 16.8. The van der Waals surface area contributed by atoms with Gasteiger partial charge in [0, 0.05) is 24.3 Å². The predicted molar refractivity (Wildman–Crippen MR) is 110 cm³/mol. The van der Waals surface area contributed by atoms with Crippen LogP contribution in [0.5, 0.6) is 0 Å². The van der Waals surface area contributed by atoms with Gasteiger partial charge in [-0.3, -0.25) is 9.59 Å². The van der Waals surface area contributed by atoms with Crippen LogP contribution in [0, 0.1) is 19.8 Å². The fraction of sp³-hybridized carbons (Fsp3) is 0.391. The second-order valence-corrected chi connectivity index (χ2v) is 8.48. The predicted octanol–water partition coefficient (Wildman–Crippen LogP) is 4.59. The maximum Gasteiger partial charge on any atom is 0.229 e. The van der Waals surface area contributed by atoms with E-state index in [1.54, 1.807) is 4.90 Å². The number of hydrogen-bond acceptors (Lipinski definition) is 2. The lowest BCUT2D eigenvalue weighted by Gasteiger charge is -2.27. The van der Waals surface area contributed by atoms with Crippen molar-refractivity contribution in [3.63, 3.8) is 0 Å². The lowest BCUT2D eigenvalue weighted by molar-refractivity contribution is -0.122. The molecule has 0 aromatic heterocycles. The summed E-state index contributed by atoms with van der Waals surface area (Å²) in [5, 5.41) is 3.00. The van der Waals surface area contributed by atoms with E-state index < -0.39 is 0 Å². The molecular weight excluding hydrogens is 336 g/mol. The zero-order chi connectivity index (χ0) is 19.8. The molecular formula is C23H28N2O2. The van der Waals surface area contributed by atoms with Crippen LogP contribution in [0.2, 0.25) is 0 Å². The van der Waals surface area contributed by atoms with Gasteiger partial charge < -0.3 is 10.2 Å². The maximum absolute atomic E-state index is 12.8. The molecule has 0 radical (unpaired) electrons. The normalized spacial score (nSPS) is 17.3. The van der Waals surface area contributed by atoms with E-state index in [1.807, 2.05) is 50.2 Å². The van der Waals surface area contributed by atoms with Crippen molar-refractivity contribution in [2.24, 2.45) is 5.92 Å². The molecule has 1 N–H and O–H groups in total. The Bertz CT molecular complexity index is 880. The quantitative estimate of drug-likeness (QED) is 0.866. The minimum atomic E-state index is -0.341. The molecule has 0 spiro atoms.